The summed E-state index contributed by atoms with van der Waals surface area (Å²) in [7, 11) is 0. The van der Waals surface area contributed by atoms with Gasteiger partial charge in [-0.2, -0.15) is 0 Å². The van der Waals surface area contributed by atoms with E-state index in [0.717, 1.165) is 23.7 Å². The van der Waals surface area contributed by atoms with E-state index in [1.165, 1.54) is 6.20 Å². The predicted molar refractivity (Wildman–Crippen MR) is 85.0 cm³/mol. The second kappa shape index (κ2) is 7.98. The Balaban J connectivity index is 1.82. The smallest absolute Gasteiger partial charge is 0.340 e. The second-order valence-electron chi connectivity index (χ2n) is 4.98. The van der Waals surface area contributed by atoms with E-state index >= 15 is 0 Å². The van der Waals surface area contributed by atoms with Gasteiger partial charge in [0.25, 0.3) is 5.91 Å². The Kier molecular flexibility index (Phi) is 5.74. The molecule has 3 amide bonds. The first-order valence-electron chi connectivity index (χ1n) is 7.42. The molecule has 0 radical (unpaired) electrons. The number of carbonyl (C=O) groups is 3. The van der Waals surface area contributed by atoms with Crippen LogP contribution in [0.3, 0.4) is 0 Å². The fourth-order valence-electron chi connectivity index (χ4n) is 2.03. The zero-order valence-corrected chi connectivity index (χ0v) is 12.8. The molecule has 0 bridgehead atoms. The number of aromatic nitrogens is 1. The van der Waals surface area contributed by atoms with Crippen molar-refractivity contribution in [2.75, 3.05) is 13.2 Å². The Morgan fingerprint density at radius 1 is 1.22 bits per heavy atom. The highest BCUT2D eigenvalue weighted by atomic mass is 16.5. The molecule has 0 saturated carbocycles. The lowest BCUT2D eigenvalue weighted by Crippen LogP contribution is -2.41. The van der Waals surface area contributed by atoms with Gasteiger partial charge in [-0.25, -0.2) is 9.59 Å². The summed E-state index contributed by atoms with van der Waals surface area (Å²) in [6.07, 6.45) is 3.30. The number of ether oxygens (including phenoxy) is 1. The molecule has 1 aromatic heterocycles. The van der Waals surface area contributed by atoms with Crippen LogP contribution in [0.5, 0.6) is 0 Å². The third-order valence-electron chi connectivity index (χ3n) is 3.21. The molecule has 0 aliphatic carbocycles. The molecule has 2 aromatic rings. The molecule has 0 aliphatic rings. The van der Waals surface area contributed by atoms with Crippen LogP contribution in [-0.2, 0) is 9.53 Å². The van der Waals surface area contributed by atoms with Gasteiger partial charge in [0.1, 0.15) is 0 Å². The molecule has 1 aromatic carbocycles. The Labute approximate surface area is 133 Å². The first-order chi connectivity index (χ1) is 11.1. The van der Waals surface area contributed by atoms with Crippen LogP contribution in [0.4, 0.5) is 4.79 Å². The average molecular weight is 317 g/mol. The largest absolute Gasteiger partial charge is 0.452 e. The minimum Gasteiger partial charge on any atom is -0.452 e. The van der Waals surface area contributed by atoms with Crippen LogP contribution in [0.1, 0.15) is 30.1 Å². The van der Waals surface area contributed by atoms with Crippen LogP contribution in [0.2, 0.25) is 0 Å². The number of para-hydroxylation sites is 1. The van der Waals surface area contributed by atoms with Gasteiger partial charge < -0.3 is 15.0 Å². The summed E-state index contributed by atoms with van der Waals surface area (Å²) in [6, 6.07) is 6.67. The van der Waals surface area contributed by atoms with E-state index in [2.05, 4.69) is 15.6 Å². The number of unbranched alkanes of at least 4 members (excludes halogenated alkanes) is 1. The number of carbonyl (C=O) groups excluding carboxylic acids is 3. The van der Waals surface area contributed by atoms with E-state index in [4.69, 9.17) is 4.74 Å². The van der Waals surface area contributed by atoms with Crippen molar-refractivity contribution in [3.8, 4) is 0 Å². The Bertz CT molecular complexity index is 708. The van der Waals surface area contributed by atoms with Crippen LogP contribution in [-0.4, -0.2) is 36.0 Å². The van der Waals surface area contributed by atoms with E-state index in [0.29, 0.717) is 12.1 Å². The third-order valence-corrected chi connectivity index (χ3v) is 3.21. The minimum atomic E-state index is -0.674. The Morgan fingerprint density at radius 2 is 2.00 bits per heavy atom. The van der Waals surface area contributed by atoms with E-state index in [1.807, 2.05) is 19.1 Å². The maximum absolute atomic E-state index is 12.0. The van der Waals surface area contributed by atoms with Crippen LogP contribution in [0.15, 0.2) is 30.5 Å². The molecule has 0 aliphatic heterocycles. The molecule has 7 nitrogen and oxygen atoms in total. The number of aromatic amines is 1. The average Bonchev–Trinajstić information content (AvgIpc) is 2.97. The molecule has 0 spiro atoms. The van der Waals surface area contributed by atoms with Crippen molar-refractivity contribution >= 4 is 28.8 Å². The van der Waals surface area contributed by atoms with Gasteiger partial charge in [0, 0.05) is 23.6 Å². The van der Waals surface area contributed by atoms with Crippen molar-refractivity contribution in [2.45, 2.75) is 19.8 Å². The lowest BCUT2D eigenvalue weighted by atomic mass is 10.2. The van der Waals surface area contributed by atoms with Gasteiger partial charge >= 0.3 is 12.0 Å². The molecule has 0 fully saturated rings. The standard InChI is InChI=1S/C16H19N3O4/c1-2-3-8-17-16(22)19-14(20)10-23-15(21)12-9-18-13-7-5-4-6-11(12)13/h4-7,9,18H,2-3,8,10H2,1H3,(H2,17,19,20,22). The molecule has 0 atom stereocenters. The van der Waals surface area contributed by atoms with Gasteiger partial charge in [-0.15, -0.1) is 0 Å². The van der Waals surface area contributed by atoms with E-state index in [-0.39, 0.29) is 0 Å². The first kappa shape index (κ1) is 16.5. The number of rotatable bonds is 6. The molecular weight excluding hydrogens is 298 g/mol. The maximum atomic E-state index is 12.0. The highest BCUT2D eigenvalue weighted by Gasteiger charge is 2.15. The van der Waals surface area contributed by atoms with Gasteiger partial charge in [-0.1, -0.05) is 31.5 Å². The predicted octanol–water partition coefficient (Wildman–Crippen LogP) is 1.95. The Morgan fingerprint density at radius 3 is 2.78 bits per heavy atom. The van der Waals surface area contributed by atoms with Crippen molar-refractivity contribution in [1.29, 1.82) is 0 Å². The SMILES string of the molecule is CCCCNC(=O)NC(=O)COC(=O)c1c[nH]c2ccccc12. The number of benzene rings is 1. The summed E-state index contributed by atoms with van der Waals surface area (Å²) in [5, 5.41) is 5.36. The number of H-pyrrole nitrogens is 1. The number of urea groups is 1. The molecule has 23 heavy (non-hydrogen) atoms. The molecule has 1 heterocycles. The lowest BCUT2D eigenvalue weighted by molar-refractivity contribution is -0.123. The summed E-state index contributed by atoms with van der Waals surface area (Å²) in [6.45, 7) is 1.97. The maximum Gasteiger partial charge on any atom is 0.340 e. The number of nitrogens with one attached hydrogen (secondary N) is 3. The summed E-state index contributed by atoms with van der Waals surface area (Å²) >= 11 is 0. The van der Waals surface area contributed by atoms with Gasteiger partial charge in [0.2, 0.25) is 0 Å². The molecule has 7 heteroatoms. The normalized spacial score (nSPS) is 10.3. The van der Waals surface area contributed by atoms with Crippen molar-refractivity contribution in [2.24, 2.45) is 0 Å². The fourth-order valence-corrected chi connectivity index (χ4v) is 2.03. The van der Waals surface area contributed by atoms with E-state index in [9.17, 15) is 14.4 Å². The van der Waals surface area contributed by atoms with Crippen molar-refractivity contribution in [3.63, 3.8) is 0 Å². The fraction of sp³-hybridized carbons (Fsp3) is 0.312. The molecule has 3 N–H and O–H groups in total. The number of amides is 3. The topological polar surface area (TPSA) is 100 Å². The molecule has 122 valence electrons. The monoisotopic (exact) mass is 317 g/mol. The van der Waals surface area contributed by atoms with Crippen molar-refractivity contribution in [3.05, 3.63) is 36.0 Å². The van der Waals surface area contributed by atoms with Crippen LogP contribution >= 0.6 is 0 Å². The number of hydrogen-bond donors (Lipinski definition) is 3. The summed E-state index contributed by atoms with van der Waals surface area (Å²) in [5.41, 5.74) is 1.15. The van der Waals surface area contributed by atoms with E-state index in [1.54, 1.807) is 12.1 Å². The number of fused-ring (bicyclic) bond motifs is 1. The van der Waals surface area contributed by atoms with Crippen LogP contribution in [0, 0.1) is 0 Å². The van der Waals surface area contributed by atoms with Crippen LogP contribution in [0.25, 0.3) is 10.9 Å². The van der Waals surface area contributed by atoms with Gasteiger partial charge in [-0.05, 0) is 12.5 Å². The van der Waals surface area contributed by atoms with Gasteiger partial charge in [0.15, 0.2) is 6.61 Å². The lowest BCUT2D eigenvalue weighted by Gasteiger charge is -2.06. The molecule has 0 saturated heterocycles. The zero-order chi connectivity index (χ0) is 16.7. The molecule has 0 unspecified atom stereocenters. The summed E-state index contributed by atoms with van der Waals surface area (Å²) in [4.78, 5) is 37.9. The van der Waals surface area contributed by atoms with Crippen molar-refractivity contribution < 1.29 is 19.1 Å². The third kappa shape index (κ3) is 4.57. The summed E-state index contributed by atoms with van der Waals surface area (Å²) in [5.74, 6) is -1.30. The second-order valence-corrected chi connectivity index (χ2v) is 4.98. The quantitative estimate of drug-likeness (QED) is 0.560. The zero-order valence-electron chi connectivity index (χ0n) is 12.8. The first-order valence-corrected chi connectivity index (χ1v) is 7.42. The van der Waals surface area contributed by atoms with E-state index < -0.39 is 24.5 Å². The Hall–Kier alpha value is -2.83. The van der Waals surface area contributed by atoms with Crippen molar-refractivity contribution in [1.82, 2.24) is 15.6 Å². The number of hydrogen-bond acceptors (Lipinski definition) is 4. The minimum absolute atomic E-state index is 0.348. The number of esters is 1. The highest BCUT2D eigenvalue weighted by molar-refractivity contribution is 6.05. The van der Waals surface area contributed by atoms with Gasteiger partial charge in [0.05, 0.1) is 5.56 Å². The van der Waals surface area contributed by atoms with Gasteiger partial charge in [-0.3, -0.25) is 10.1 Å². The highest BCUT2D eigenvalue weighted by Crippen LogP contribution is 2.18. The summed E-state index contributed by atoms with van der Waals surface area (Å²) < 4.78 is 4.93. The van der Waals surface area contributed by atoms with Crippen LogP contribution < -0.4 is 10.6 Å². The molecule has 2 rings (SSSR count). The molecular formula is C16H19N3O4. The number of imide groups is 1.